The van der Waals surface area contributed by atoms with Crippen LogP contribution >= 0.6 is 15.9 Å². The van der Waals surface area contributed by atoms with Crippen LogP contribution in [0.2, 0.25) is 0 Å². The van der Waals surface area contributed by atoms with Crippen molar-refractivity contribution in [3.63, 3.8) is 0 Å². The first kappa shape index (κ1) is 15.4. The Labute approximate surface area is 122 Å². The molecule has 1 unspecified atom stereocenters. The Hall–Kier alpha value is -0.990. The predicted octanol–water partition coefficient (Wildman–Crippen LogP) is 2.12. The number of nitrogens with one attached hydrogen (secondary N) is 1. The predicted molar refractivity (Wildman–Crippen MR) is 71.9 cm³/mol. The normalized spacial score (nSPS) is 20.1. The maximum absolute atomic E-state index is 12.2. The van der Waals surface area contributed by atoms with Crippen LogP contribution in [0.25, 0.3) is 0 Å². The lowest BCUT2D eigenvalue weighted by Gasteiger charge is -2.34. The summed E-state index contributed by atoms with van der Waals surface area (Å²) in [5.74, 6) is -0.268. The first-order valence-electron chi connectivity index (χ1n) is 6.03. The van der Waals surface area contributed by atoms with Crippen LogP contribution in [0.5, 0.6) is 5.75 Å². The second-order valence-corrected chi connectivity index (χ2v) is 5.30. The first-order valence-corrected chi connectivity index (χ1v) is 6.83. The molecule has 20 heavy (non-hydrogen) atoms. The molecular weight excluding hydrogens is 341 g/mol. The summed E-state index contributed by atoms with van der Waals surface area (Å²) in [6.45, 7) is 2.06. The molecule has 112 valence electrons. The third-order valence-electron chi connectivity index (χ3n) is 2.98. The maximum atomic E-state index is 12.2. The van der Waals surface area contributed by atoms with Gasteiger partial charge in [-0.05, 0) is 34.1 Å². The van der Waals surface area contributed by atoms with Gasteiger partial charge in [-0.15, -0.1) is 13.2 Å². The van der Waals surface area contributed by atoms with E-state index in [4.69, 9.17) is 5.11 Å². The average Bonchev–Trinajstić information content (AvgIpc) is 2.40. The van der Waals surface area contributed by atoms with Crippen molar-refractivity contribution in [2.24, 2.45) is 0 Å². The van der Waals surface area contributed by atoms with Crippen molar-refractivity contribution in [3.05, 3.63) is 22.7 Å². The molecule has 0 radical (unpaired) electrons. The van der Waals surface area contributed by atoms with Crippen LogP contribution < -0.4 is 15.0 Å². The highest BCUT2D eigenvalue weighted by atomic mass is 79.9. The van der Waals surface area contributed by atoms with Crippen LogP contribution in [-0.4, -0.2) is 43.8 Å². The molecule has 1 heterocycles. The zero-order valence-electron chi connectivity index (χ0n) is 10.5. The number of benzene rings is 1. The average molecular weight is 355 g/mol. The Bertz CT molecular complexity index is 471. The molecule has 0 saturated carbocycles. The van der Waals surface area contributed by atoms with Crippen molar-refractivity contribution < 1.29 is 23.0 Å². The van der Waals surface area contributed by atoms with E-state index >= 15 is 0 Å². The molecule has 2 N–H and O–H groups in total. The molecule has 0 aromatic heterocycles. The largest absolute Gasteiger partial charge is 0.573 e. The lowest BCUT2D eigenvalue weighted by atomic mass is 10.2. The van der Waals surface area contributed by atoms with E-state index in [1.165, 1.54) is 6.07 Å². The van der Waals surface area contributed by atoms with E-state index in [0.29, 0.717) is 13.1 Å². The second-order valence-electron chi connectivity index (χ2n) is 4.44. The molecule has 1 fully saturated rings. The molecule has 4 nitrogen and oxygen atoms in total. The number of piperazine rings is 1. The Morgan fingerprint density at radius 1 is 1.45 bits per heavy atom. The Morgan fingerprint density at radius 2 is 2.20 bits per heavy atom. The van der Waals surface area contributed by atoms with Crippen molar-refractivity contribution in [2.75, 3.05) is 31.1 Å². The summed E-state index contributed by atoms with van der Waals surface area (Å²) in [5, 5.41) is 12.3. The Kier molecular flexibility index (Phi) is 4.77. The van der Waals surface area contributed by atoms with E-state index in [2.05, 4.69) is 26.0 Å². The summed E-state index contributed by atoms with van der Waals surface area (Å²) in [5.41, 5.74) is 0.784. The summed E-state index contributed by atoms with van der Waals surface area (Å²) in [4.78, 5) is 2.00. The molecule has 1 saturated heterocycles. The van der Waals surface area contributed by atoms with E-state index < -0.39 is 6.36 Å². The molecule has 1 aromatic rings. The highest BCUT2D eigenvalue weighted by molar-refractivity contribution is 9.10. The number of aliphatic hydroxyl groups excluding tert-OH is 1. The summed E-state index contributed by atoms with van der Waals surface area (Å²) in [6.07, 6.45) is -4.71. The molecule has 2 rings (SSSR count). The highest BCUT2D eigenvalue weighted by Crippen LogP contribution is 2.33. The van der Waals surface area contributed by atoms with Gasteiger partial charge in [-0.25, -0.2) is 0 Å². The minimum Gasteiger partial charge on any atom is -0.405 e. The van der Waals surface area contributed by atoms with Crippen molar-refractivity contribution in [1.29, 1.82) is 0 Å². The van der Waals surface area contributed by atoms with Gasteiger partial charge in [0.2, 0.25) is 0 Å². The fourth-order valence-electron chi connectivity index (χ4n) is 2.08. The van der Waals surface area contributed by atoms with Crippen LogP contribution in [0.3, 0.4) is 0 Å². The highest BCUT2D eigenvalue weighted by Gasteiger charge is 2.32. The number of nitrogens with zero attached hydrogens (tertiary/aromatic N) is 1. The van der Waals surface area contributed by atoms with Gasteiger partial charge < -0.3 is 20.1 Å². The number of ether oxygens (including phenoxy) is 1. The minimum atomic E-state index is -4.71. The topological polar surface area (TPSA) is 44.7 Å². The smallest absolute Gasteiger partial charge is 0.405 e. The molecule has 0 aliphatic carbocycles. The van der Waals surface area contributed by atoms with Crippen molar-refractivity contribution in [1.82, 2.24) is 5.32 Å². The van der Waals surface area contributed by atoms with Gasteiger partial charge in [0.1, 0.15) is 5.75 Å². The quantitative estimate of drug-likeness (QED) is 0.872. The van der Waals surface area contributed by atoms with Gasteiger partial charge in [-0.3, -0.25) is 0 Å². The van der Waals surface area contributed by atoms with E-state index in [9.17, 15) is 13.2 Å². The minimum absolute atomic E-state index is 0.0208. The number of aliphatic hydroxyl groups is 1. The number of alkyl halides is 3. The Morgan fingerprint density at radius 3 is 2.80 bits per heavy atom. The van der Waals surface area contributed by atoms with Crippen molar-refractivity contribution >= 4 is 21.6 Å². The maximum Gasteiger partial charge on any atom is 0.573 e. The molecule has 1 aliphatic rings. The number of anilines is 1. The van der Waals surface area contributed by atoms with E-state index in [0.717, 1.165) is 12.2 Å². The van der Waals surface area contributed by atoms with Gasteiger partial charge in [-0.2, -0.15) is 0 Å². The van der Waals surface area contributed by atoms with E-state index in [1.807, 2.05) is 4.90 Å². The Balaban J connectivity index is 2.12. The zero-order valence-corrected chi connectivity index (χ0v) is 12.0. The molecule has 1 atom stereocenters. The summed E-state index contributed by atoms with van der Waals surface area (Å²) in [7, 11) is 0. The summed E-state index contributed by atoms with van der Waals surface area (Å²) in [6, 6.07) is 4.41. The number of halogens is 4. The van der Waals surface area contributed by atoms with Gasteiger partial charge >= 0.3 is 6.36 Å². The van der Waals surface area contributed by atoms with Gasteiger partial charge in [0, 0.05) is 31.4 Å². The molecule has 1 aliphatic heterocycles. The second kappa shape index (κ2) is 6.19. The standard InChI is InChI=1S/C12H14BrF3N2O2/c13-10-5-9(1-2-11(10)20-12(14,15)16)18-4-3-17-8(6-18)7-19/h1-2,5,8,17,19H,3-4,6-7H2. The fourth-order valence-corrected chi connectivity index (χ4v) is 2.52. The van der Waals surface area contributed by atoms with Crippen LogP contribution in [0.15, 0.2) is 22.7 Å². The molecule has 0 amide bonds. The zero-order chi connectivity index (χ0) is 14.8. The van der Waals surface area contributed by atoms with Gasteiger partial charge in [0.15, 0.2) is 0 Å². The molecular formula is C12H14BrF3N2O2. The van der Waals surface area contributed by atoms with Crippen LogP contribution in [-0.2, 0) is 0 Å². The van der Waals surface area contributed by atoms with Gasteiger partial charge in [0.25, 0.3) is 0 Å². The van der Waals surface area contributed by atoms with Gasteiger partial charge in [0.05, 0.1) is 11.1 Å². The number of rotatable bonds is 3. The lowest BCUT2D eigenvalue weighted by Crippen LogP contribution is -2.52. The van der Waals surface area contributed by atoms with Crippen LogP contribution in [0.4, 0.5) is 18.9 Å². The van der Waals surface area contributed by atoms with Crippen molar-refractivity contribution in [2.45, 2.75) is 12.4 Å². The van der Waals surface area contributed by atoms with E-state index in [-0.39, 0.29) is 22.9 Å². The number of hydrogen-bond donors (Lipinski definition) is 2. The molecule has 1 aromatic carbocycles. The summed E-state index contributed by atoms with van der Waals surface area (Å²) < 4.78 is 40.7. The van der Waals surface area contributed by atoms with Crippen LogP contribution in [0.1, 0.15) is 0 Å². The molecule has 8 heteroatoms. The van der Waals surface area contributed by atoms with Crippen molar-refractivity contribution in [3.8, 4) is 5.75 Å². The molecule has 0 spiro atoms. The molecule has 0 bridgehead atoms. The first-order chi connectivity index (χ1) is 9.39. The van der Waals surface area contributed by atoms with E-state index in [1.54, 1.807) is 12.1 Å². The third kappa shape index (κ3) is 4.00. The monoisotopic (exact) mass is 354 g/mol. The van der Waals surface area contributed by atoms with Gasteiger partial charge in [-0.1, -0.05) is 0 Å². The fraction of sp³-hybridized carbons (Fsp3) is 0.500. The number of hydrogen-bond acceptors (Lipinski definition) is 4. The summed E-state index contributed by atoms with van der Waals surface area (Å²) >= 11 is 3.08. The lowest BCUT2D eigenvalue weighted by molar-refractivity contribution is -0.274. The third-order valence-corrected chi connectivity index (χ3v) is 3.60. The SMILES string of the molecule is OCC1CN(c2ccc(OC(F)(F)F)c(Br)c2)CCN1. The van der Waals surface area contributed by atoms with Crippen LogP contribution in [0, 0.1) is 0 Å².